The minimum Gasteiger partial charge on any atom is -0.491 e. The molecule has 0 radical (unpaired) electrons. The van der Waals surface area contributed by atoms with E-state index < -0.39 is 29.3 Å². The highest BCUT2D eigenvalue weighted by Gasteiger charge is 2.34. The Kier molecular flexibility index (Phi) is 5.35. The quantitative estimate of drug-likeness (QED) is 0.764. The van der Waals surface area contributed by atoms with E-state index in [1.54, 1.807) is 0 Å². The van der Waals surface area contributed by atoms with Gasteiger partial charge in [-0.1, -0.05) is 0 Å². The van der Waals surface area contributed by atoms with Crippen molar-refractivity contribution in [2.75, 3.05) is 39.6 Å². The topological polar surface area (TPSA) is 74.3 Å². The molecule has 1 heterocycles. The summed E-state index contributed by atoms with van der Waals surface area (Å²) in [5.41, 5.74) is -0.305. The average Bonchev–Trinajstić information content (AvgIpc) is 2.61. The first-order chi connectivity index (χ1) is 11.5. The standard InChI is InChI=1S/C15H15F2NO6/c1-21-13-10(5-4-9(16)11(13)17)18-7-24-6-8(14(19)22-2)12(18)15(20)23-3/h4-5H,6-7H2,1-3H3. The van der Waals surface area contributed by atoms with Crippen molar-refractivity contribution in [2.24, 2.45) is 0 Å². The molecule has 1 aromatic carbocycles. The maximum absolute atomic E-state index is 14.0. The van der Waals surface area contributed by atoms with Gasteiger partial charge in [0.2, 0.25) is 5.82 Å². The monoisotopic (exact) mass is 343 g/mol. The highest BCUT2D eigenvalue weighted by Crippen LogP contribution is 2.36. The predicted molar refractivity (Wildman–Crippen MR) is 77.3 cm³/mol. The lowest BCUT2D eigenvalue weighted by molar-refractivity contribution is -0.140. The summed E-state index contributed by atoms with van der Waals surface area (Å²) in [7, 11) is 3.41. The lowest BCUT2D eigenvalue weighted by atomic mass is 10.1. The minimum absolute atomic E-state index is 0.00194. The Balaban J connectivity index is 2.66. The van der Waals surface area contributed by atoms with E-state index in [0.717, 1.165) is 32.3 Å². The molecule has 0 bridgehead atoms. The van der Waals surface area contributed by atoms with Gasteiger partial charge in [0.1, 0.15) is 12.4 Å². The van der Waals surface area contributed by atoms with Crippen molar-refractivity contribution in [1.29, 1.82) is 0 Å². The van der Waals surface area contributed by atoms with Gasteiger partial charge in [0.15, 0.2) is 11.6 Å². The summed E-state index contributed by atoms with van der Waals surface area (Å²) in [6, 6.07) is 2.07. The number of rotatable bonds is 4. The van der Waals surface area contributed by atoms with Gasteiger partial charge in [-0.2, -0.15) is 4.39 Å². The molecule has 0 aliphatic carbocycles. The normalized spacial score (nSPS) is 14.5. The number of halogens is 2. The third kappa shape index (κ3) is 3.02. The number of carbonyl (C=O) groups is 2. The summed E-state index contributed by atoms with van der Waals surface area (Å²) < 4.78 is 46.8. The number of hydrogen-bond donors (Lipinski definition) is 0. The van der Waals surface area contributed by atoms with Crippen molar-refractivity contribution in [2.45, 2.75) is 0 Å². The molecule has 0 spiro atoms. The van der Waals surface area contributed by atoms with Gasteiger partial charge in [-0.05, 0) is 12.1 Å². The van der Waals surface area contributed by atoms with Crippen LogP contribution in [-0.4, -0.2) is 46.6 Å². The van der Waals surface area contributed by atoms with E-state index >= 15 is 0 Å². The van der Waals surface area contributed by atoms with Gasteiger partial charge in [0.05, 0.1) is 39.2 Å². The van der Waals surface area contributed by atoms with E-state index in [-0.39, 0.29) is 30.3 Å². The summed E-state index contributed by atoms with van der Waals surface area (Å²) in [6.07, 6.45) is 0. The molecule has 1 aliphatic heterocycles. The van der Waals surface area contributed by atoms with Crippen LogP contribution < -0.4 is 9.64 Å². The summed E-state index contributed by atoms with van der Waals surface area (Å²) in [5.74, 6) is -4.45. The highest BCUT2D eigenvalue weighted by atomic mass is 19.2. The van der Waals surface area contributed by atoms with Crippen LogP contribution in [0.3, 0.4) is 0 Å². The Hall–Kier alpha value is -2.68. The Morgan fingerprint density at radius 3 is 2.38 bits per heavy atom. The first-order valence-electron chi connectivity index (χ1n) is 6.73. The van der Waals surface area contributed by atoms with E-state index in [9.17, 15) is 18.4 Å². The molecular weight excluding hydrogens is 328 g/mol. The lowest BCUT2D eigenvalue weighted by Crippen LogP contribution is -2.39. The molecular formula is C15H15F2NO6. The highest BCUT2D eigenvalue weighted by molar-refractivity contribution is 6.03. The largest absolute Gasteiger partial charge is 0.491 e. The number of hydrogen-bond acceptors (Lipinski definition) is 7. The molecule has 0 atom stereocenters. The van der Waals surface area contributed by atoms with Crippen LogP contribution in [0, 0.1) is 11.6 Å². The number of nitrogens with zero attached hydrogens (tertiary/aromatic N) is 1. The predicted octanol–water partition coefficient (Wildman–Crippen LogP) is 1.37. The average molecular weight is 343 g/mol. The van der Waals surface area contributed by atoms with E-state index in [1.165, 1.54) is 6.07 Å². The third-order valence-corrected chi connectivity index (χ3v) is 3.36. The molecule has 7 nitrogen and oxygen atoms in total. The summed E-state index contributed by atoms with van der Waals surface area (Å²) in [4.78, 5) is 25.2. The molecule has 0 amide bonds. The van der Waals surface area contributed by atoms with Crippen LogP contribution in [0.5, 0.6) is 5.75 Å². The molecule has 0 aromatic heterocycles. The fourth-order valence-corrected chi connectivity index (χ4v) is 2.26. The van der Waals surface area contributed by atoms with Gasteiger partial charge < -0.3 is 23.8 Å². The first-order valence-corrected chi connectivity index (χ1v) is 6.73. The van der Waals surface area contributed by atoms with Crippen LogP contribution in [0.4, 0.5) is 14.5 Å². The molecule has 1 aromatic rings. The van der Waals surface area contributed by atoms with Crippen LogP contribution in [0.2, 0.25) is 0 Å². The van der Waals surface area contributed by atoms with Gasteiger partial charge in [-0.15, -0.1) is 0 Å². The van der Waals surface area contributed by atoms with Gasteiger partial charge in [0, 0.05) is 0 Å². The molecule has 24 heavy (non-hydrogen) atoms. The zero-order valence-electron chi connectivity index (χ0n) is 13.2. The molecule has 0 saturated heterocycles. The smallest absolute Gasteiger partial charge is 0.355 e. The second-order valence-corrected chi connectivity index (χ2v) is 4.63. The number of carbonyl (C=O) groups excluding carboxylic acids is 2. The summed E-state index contributed by atoms with van der Waals surface area (Å²) in [5, 5.41) is 0. The fraction of sp³-hybridized carbons (Fsp3) is 0.333. The van der Waals surface area contributed by atoms with E-state index in [0.29, 0.717) is 0 Å². The SMILES string of the molecule is COC(=O)C1=C(C(=O)OC)N(c2ccc(F)c(F)c2OC)COC1. The van der Waals surface area contributed by atoms with E-state index in [1.807, 2.05) is 0 Å². The van der Waals surface area contributed by atoms with Crippen LogP contribution in [0.25, 0.3) is 0 Å². The van der Waals surface area contributed by atoms with Gasteiger partial charge >= 0.3 is 11.9 Å². The van der Waals surface area contributed by atoms with Crippen LogP contribution in [-0.2, 0) is 23.8 Å². The maximum atomic E-state index is 14.0. The molecule has 0 fully saturated rings. The molecule has 0 unspecified atom stereocenters. The molecule has 130 valence electrons. The maximum Gasteiger partial charge on any atom is 0.355 e. The van der Waals surface area contributed by atoms with Crippen LogP contribution >= 0.6 is 0 Å². The molecule has 9 heteroatoms. The number of benzene rings is 1. The van der Waals surface area contributed by atoms with Gasteiger partial charge in [-0.3, -0.25) is 0 Å². The van der Waals surface area contributed by atoms with Crippen molar-refractivity contribution in [1.82, 2.24) is 0 Å². The molecule has 0 saturated carbocycles. The van der Waals surface area contributed by atoms with Crippen molar-refractivity contribution < 1.29 is 37.3 Å². The summed E-state index contributed by atoms with van der Waals surface area (Å²) >= 11 is 0. The number of esters is 2. The zero-order valence-corrected chi connectivity index (χ0v) is 13.2. The first kappa shape index (κ1) is 17.7. The Morgan fingerprint density at radius 1 is 1.12 bits per heavy atom. The molecule has 1 aliphatic rings. The second-order valence-electron chi connectivity index (χ2n) is 4.63. The number of anilines is 1. The van der Waals surface area contributed by atoms with Crippen molar-refractivity contribution in [3.05, 3.63) is 35.0 Å². The number of ether oxygens (including phenoxy) is 4. The third-order valence-electron chi connectivity index (χ3n) is 3.36. The summed E-state index contributed by atoms with van der Waals surface area (Å²) in [6.45, 7) is -0.397. The van der Waals surface area contributed by atoms with E-state index in [2.05, 4.69) is 9.47 Å². The molecule has 0 N–H and O–H groups in total. The van der Waals surface area contributed by atoms with Crippen molar-refractivity contribution >= 4 is 17.6 Å². The Labute approximate surface area is 136 Å². The van der Waals surface area contributed by atoms with Crippen molar-refractivity contribution in [3.8, 4) is 5.75 Å². The number of methoxy groups -OCH3 is 3. The van der Waals surface area contributed by atoms with Crippen molar-refractivity contribution in [3.63, 3.8) is 0 Å². The minimum atomic E-state index is -1.23. The Bertz CT molecular complexity index is 703. The lowest BCUT2D eigenvalue weighted by Gasteiger charge is -2.32. The Morgan fingerprint density at radius 2 is 1.79 bits per heavy atom. The molecule has 2 rings (SSSR count). The van der Waals surface area contributed by atoms with Gasteiger partial charge in [0.25, 0.3) is 0 Å². The van der Waals surface area contributed by atoms with Gasteiger partial charge in [-0.25, -0.2) is 14.0 Å². The van der Waals surface area contributed by atoms with E-state index in [4.69, 9.17) is 9.47 Å². The van der Waals surface area contributed by atoms with Crippen LogP contribution in [0.15, 0.2) is 23.4 Å². The zero-order chi connectivity index (χ0) is 17.9. The fourth-order valence-electron chi connectivity index (χ4n) is 2.26. The van der Waals surface area contributed by atoms with Crippen LogP contribution in [0.1, 0.15) is 0 Å². The second kappa shape index (κ2) is 7.26.